The largest absolute Gasteiger partial charge is 0.493 e. The zero-order valence-corrected chi connectivity index (χ0v) is 17.6. The second-order valence-electron chi connectivity index (χ2n) is 7.21. The Hall–Kier alpha value is -3.06. The first-order valence-corrected chi connectivity index (χ1v) is 10.0. The van der Waals surface area contributed by atoms with E-state index in [0.29, 0.717) is 31.0 Å². The third kappa shape index (κ3) is 4.57. The van der Waals surface area contributed by atoms with Crippen LogP contribution in [-0.4, -0.2) is 55.7 Å². The second-order valence-corrected chi connectivity index (χ2v) is 7.21. The van der Waals surface area contributed by atoms with E-state index >= 15 is 0 Å². The average molecular weight is 412 g/mol. The van der Waals surface area contributed by atoms with Crippen molar-refractivity contribution in [2.24, 2.45) is 0 Å². The third-order valence-corrected chi connectivity index (χ3v) is 5.50. The van der Waals surface area contributed by atoms with Crippen LogP contribution in [0.1, 0.15) is 30.5 Å². The van der Waals surface area contributed by atoms with Gasteiger partial charge in [0.15, 0.2) is 11.5 Å². The van der Waals surface area contributed by atoms with Gasteiger partial charge in [0, 0.05) is 24.8 Å². The van der Waals surface area contributed by atoms with Crippen molar-refractivity contribution in [2.75, 3.05) is 38.8 Å². The van der Waals surface area contributed by atoms with Crippen molar-refractivity contribution < 1.29 is 24.2 Å². The number of nitrogens with zero attached hydrogens (tertiary/aromatic N) is 2. The first-order valence-electron chi connectivity index (χ1n) is 10.0. The van der Waals surface area contributed by atoms with Crippen molar-refractivity contribution >= 4 is 17.6 Å². The summed E-state index contributed by atoms with van der Waals surface area (Å²) in [5.41, 5.74) is 2.73. The minimum Gasteiger partial charge on any atom is -0.493 e. The van der Waals surface area contributed by atoms with E-state index < -0.39 is 12.0 Å². The first-order chi connectivity index (χ1) is 14.5. The van der Waals surface area contributed by atoms with E-state index in [1.54, 1.807) is 19.1 Å². The quantitative estimate of drug-likeness (QED) is 0.718. The van der Waals surface area contributed by atoms with Gasteiger partial charge in [-0.1, -0.05) is 18.2 Å². The molecule has 0 aliphatic carbocycles. The zero-order chi connectivity index (χ0) is 21.7. The fourth-order valence-electron chi connectivity index (χ4n) is 4.04. The summed E-state index contributed by atoms with van der Waals surface area (Å²) in [6.45, 7) is 3.22. The van der Waals surface area contributed by atoms with Crippen molar-refractivity contribution in [2.45, 2.75) is 25.8 Å². The molecule has 1 N–H and O–H groups in total. The smallest absolute Gasteiger partial charge is 0.305 e. The molecule has 0 saturated carbocycles. The van der Waals surface area contributed by atoms with Gasteiger partial charge in [-0.15, -0.1) is 0 Å². The lowest BCUT2D eigenvalue weighted by Crippen LogP contribution is -2.45. The van der Waals surface area contributed by atoms with Crippen LogP contribution in [0, 0.1) is 0 Å². The fraction of sp³-hybridized carbons (Fsp3) is 0.391. The van der Waals surface area contributed by atoms with Crippen molar-refractivity contribution in [1.82, 2.24) is 4.90 Å². The van der Waals surface area contributed by atoms with Crippen LogP contribution in [0.2, 0.25) is 0 Å². The molecular weight excluding hydrogens is 384 g/mol. The number of amides is 1. The van der Waals surface area contributed by atoms with Gasteiger partial charge in [-0.3, -0.25) is 14.5 Å². The SMILES string of the molecule is CCN(C(=O)CN1CCc2cc(OC)c(OC)cc2C1CC(=O)O)c1ccccc1. The van der Waals surface area contributed by atoms with Gasteiger partial charge in [0.2, 0.25) is 5.91 Å². The van der Waals surface area contributed by atoms with Crippen LogP contribution in [0.5, 0.6) is 11.5 Å². The topological polar surface area (TPSA) is 79.3 Å². The Morgan fingerprint density at radius 1 is 1.13 bits per heavy atom. The highest BCUT2D eigenvalue weighted by atomic mass is 16.5. The number of aliphatic carboxylic acids is 1. The Bertz CT molecular complexity index is 900. The van der Waals surface area contributed by atoms with Crippen molar-refractivity contribution in [3.63, 3.8) is 0 Å². The molecule has 160 valence electrons. The van der Waals surface area contributed by atoms with Crippen molar-refractivity contribution in [1.29, 1.82) is 0 Å². The molecule has 2 aromatic rings. The molecular formula is C23H28N2O5. The molecule has 1 amide bonds. The molecule has 1 atom stereocenters. The molecule has 3 rings (SSSR count). The van der Waals surface area contributed by atoms with Crippen LogP contribution in [0.4, 0.5) is 5.69 Å². The zero-order valence-electron chi connectivity index (χ0n) is 17.6. The average Bonchev–Trinajstić information content (AvgIpc) is 2.75. The van der Waals surface area contributed by atoms with E-state index in [9.17, 15) is 14.7 Å². The van der Waals surface area contributed by atoms with Crippen LogP contribution in [0.25, 0.3) is 0 Å². The molecule has 1 heterocycles. The van der Waals surface area contributed by atoms with E-state index in [-0.39, 0.29) is 18.9 Å². The standard InChI is InChI=1S/C23H28N2O5/c1-4-25(17-8-6-5-7-9-17)22(26)15-24-11-10-16-12-20(29-2)21(30-3)13-18(16)19(24)14-23(27)28/h5-9,12-13,19H,4,10-11,14-15H2,1-3H3,(H,27,28). The molecule has 2 aromatic carbocycles. The minimum absolute atomic E-state index is 0.0528. The maximum absolute atomic E-state index is 13.1. The monoisotopic (exact) mass is 412 g/mol. The van der Waals surface area contributed by atoms with Gasteiger partial charge in [-0.05, 0) is 48.7 Å². The predicted octanol–water partition coefficient (Wildman–Crippen LogP) is 3.13. The number of methoxy groups -OCH3 is 2. The summed E-state index contributed by atoms with van der Waals surface area (Å²) in [7, 11) is 3.13. The summed E-state index contributed by atoms with van der Waals surface area (Å²) < 4.78 is 10.8. The maximum Gasteiger partial charge on any atom is 0.305 e. The molecule has 0 spiro atoms. The Morgan fingerprint density at radius 3 is 2.40 bits per heavy atom. The van der Waals surface area contributed by atoms with Crippen molar-refractivity contribution in [3.8, 4) is 11.5 Å². The number of ether oxygens (including phenoxy) is 2. The summed E-state index contributed by atoms with van der Waals surface area (Å²) in [6, 6.07) is 12.8. The number of likely N-dealkylation sites (N-methyl/N-ethyl adjacent to an activating group) is 1. The van der Waals surface area contributed by atoms with Gasteiger partial charge in [-0.2, -0.15) is 0 Å². The maximum atomic E-state index is 13.1. The Balaban J connectivity index is 1.89. The lowest BCUT2D eigenvalue weighted by Gasteiger charge is -2.37. The van der Waals surface area contributed by atoms with Crippen LogP contribution >= 0.6 is 0 Å². The number of carbonyl (C=O) groups is 2. The molecule has 7 nitrogen and oxygen atoms in total. The molecule has 0 radical (unpaired) electrons. The highest BCUT2D eigenvalue weighted by Gasteiger charge is 2.32. The number of carboxylic acids is 1. The molecule has 1 unspecified atom stereocenters. The Labute approximate surface area is 176 Å². The molecule has 0 bridgehead atoms. The summed E-state index contributed by atoms with van der Waals surface area (Å²) in [5.74, 6) is 0.217. The number of benzene rings is 2. The van der Waals surface area contributed by atoms with E-state index in [1.807, 2.05) is 54.3 Å². The normalized spacial score (nSPS) is 15.9. The number of carboxylic acid groups (broad SMARTS) is 1. The summed E-state index contributed by atoms with van der Waals surface area (Å²) in [5, 5.41) is 9.53. The number of para-hydroxylation sites is 1. The highest BCUT2D eigenvalue weighted by Crippen LogP contribution is 2.39. The third-order valence-electron chi connectivity index (χ3n) is 5.50. The van der Waals surface area contributed by atoms with Crippen molar-refractivity contribution in [3.05, 3.63) is 53.6 Å². The van der Waals surface area contributed by atoms with Crippen LogP contribution in [0.3, 0.4) is 0 Å². The van der Waals surface area contributed by atoms with Gasteiger partial charge in [0.1, 0.15) is 0 Å². The summed E-state index contributed by atoms with van der Waals surface area (Å²) >= 11 is 0. The predicted molar refractivity (Wildman–Crippen MR) is 114 cm³/mol. The number of carbonyl (C=O) groups excluding carboxylic acids is 1. The second kappa shape index (κ2) is 9.63. The molecule has 0 fully saturated rings. The lowest BCUT2D eigenvalue weighted by molar-refractivity contribution is -0.139. The van der Waals surface area contributed by atoms with Gasteiger partial charge in [-0.25, -0.2) is 0 Å². The molecule has 7 heteroatoms. The van der Waals surface area contributed by atoms with Gasteiger partial charge in [0.05, 0.1) is 27.2 Å². The molecule has 1 aliphatic heterocycles. The van der Waals surface area contributed by atoms with Gasteiger partial charge < -0.3 is 19.5 Å². The van der Waals surface area contributed by atoms with Gasteiger partial charge in [0.25, 0.3) is 0 Å². The summed E-state index contributed by atoms with van der Waals surface area (Å²) in [4.78, 5) is 28.4. The number of hydrogen-bond donors (Lipinski definition) is 1. The van der Waals surface area contributed by atoms with E-state index in [4.69, 9.17) is 9.47 Å². The highest BCUT2D eigenvalue weighted by molar-refractivity contribution is 5.94. The summed E-state index contributed by atoms with van der Waals surface area (Å²) in [6.07, 6.45) is 0.615. The first kappa shape index (κ1) is 21.6. The number of hydrogen-bond acceptors (Lipinski definition) is 5. The fourth-order valence-corrected chi connectivity index (χ4v) is 4.04. The molecule has 30 heavy (non-hydrogen) atoms. The van der Waals surface area contributed by atoms with Crippen LogP contribution < -0.4 is 14.4 Å². The van der Waals surface area contributed by atoms with Crippen LogP contribution in [0.15, 0.2) is 42.5 Å². The van der Waals surface area contributed by atoms with E-state index in [2.05, 4.69) is 0 Å². The Morgan fingerprint density at radius 2 is 1.80 bits per heavy atom. The van der Waals surface area contributed by atoms with Crippen LogP contribution in [-0.2, 0) is 16.0 Å². The minimum atomic E-state index is -0.907. The lowest BCUT2D eigenvalue weighted by atomic mass is 9.90. The van der Waals surface area contributed by atoms with E-state index in [0.717, 1.165) is 16.8 Å². The Kier molecular flexibility index (Phi) is 6.95. The molecule has 0 aromatic heterocycles. The molecule has 0 saturated heterocycles. The molecule has 1 aliphatic rings. The van der Waals surface area contributed by atoms with E-state index in [1.165, 1.54) is 0 Å². The number of rotatable bonds is 8. The number of anilines is 1. The number of fused-ring (bicyclic) bond motifs is 1. The van der Waals surface area contributed by atoms with Gasteiger partial charge >= 0.3 is 5.97 Å².